The van der Waals surface area contributed by atoms with Gasteiger partial charge in [0.15, 0.2) is 0 Å². The molecule has 0 amide bonds. The van der Waals surface area contributed by atoms with Gasteiger partial charge in [0.2, 0.25) is 10.0 Å². The Balaban J connectivity index is 2.32. The molecule has 2 rings (SSSR count). The van der Waals surface area contributed by atoms with Crippen molar-refractivity contribution in [2.75, 3.05) is 0 Å². The Morgan fingerprint density at radius 3 is 2.45 bits per heavy atom. The monoisotopic (exact) mass is 379 g/mol. The van der Waals surface area contributed by atoms with Gasteiger partial charge in [-0.05, 0) is 52.3 Å². The molecule has 20 heavy (non-hydrogen) atoms. The number of nitrogens with two attached hydrogens (primary N) is 1. The molecule has 0 radical (unpaired) electrons. The van der Waals surface area contributed by atoms with Crippen LogP contribution < -0.4 is 9.88 Å². The maximum absolute atomic E-state index is 13.1. The molecule has 0 fully saturated rings. The normalized spacial score (nSPS) is 11.4. The van der Waals surface area contributed by atoms with Crippen LogP contribution in [0, 0.1) is 5.82 Å². The maximum atomic E-state index is 13.1. The van der Waals surface area contributed by atoms with Crippen LogP contribution >= 0.6 is 27.5 Å². The lowest BCUT2D eigenvalue weighted by Gasteiger charge is -2.09. The van der Waals surface area contributed by atoms with Gasteiger partial charge in [-0.25, -0.2) is 17.9 Å². The summed E-state index contributed by atoms with van der Waals surface area (Å²) >= 11 is 8.96. The summed E-state index contributed by atoms with van der Waals surface area (Å²) in [4.78, 5) is -0.116. The highest BCUT2D eigenvalue weighted by atomic mass is 79.9. The molecule has 0 spiro atoms. The van der Waals surface area contributed by atoms with Gasteiger partial charge in [-0.2, -0.15) is 0 Å². The van der Waals surface area contributed by atoms with Gasteiger partial charge in [0.25, 0.3) is 0 Å². The molecule has 0 atom stereocenters. The minimum Gasteiger partial charge on any atom is -0.456 e. The van der Waals surface area contributed by atoms with Gasteiger partial charge >= 0.3 is 0 Å². The second-order valence-corrected chi connectivity index (χ2v) is 6.64. The summed E-state index contributed by atoms with van der Waals surface area (Å²) in [6.07, 6.45) is 0. The number of sulfonamides is 1. The molecular weight excluding hydrogens is 373 g/mol. The molecule has 106 valence electrons. The number of halogens is 3. The van der Waals surface area contributed by atoms with Crippen LogP contribution in [0.25, 0.3) is 0 Å². The highest BCUT2D eigenvalue weighted by molar-refractivity contribution is 9.10. The summed E-state index contributed by atoms with van der Waals surface area (Å²) in [6.45, 7) is 0. The van der Waals surface area contributed by atoms with Crippen molar-refractivity contribution < 1.29 is 17.5 Å². The van der Waals surface area contributed by atoms with E-state index < -0.39 is 15.8 Å². The van der Waals surface area contributed by atoms with E-state index in [9.17, 15) is 12.8 Å². The first kappa shape index (κ1) is 15.2. The third kappa shape index (κ3) is 3.49. The van der Waals surface area contributed by atoms with Gasteiger partial charge in [-0.3, -0.25) is 0 Å². The molecule has 8 heteroatoms. The number of rotatable bonds is 3. The van der Waals surface area contributed by atoms with Crippen molar-refractivity contribution in [1.29, 1.82) is 0 Å². The molecule has 0 aromatic heterocycles. The highest BCUT2D eigenvalue weighted by Crippen LogP contribution is 2.32. The molecule has 0 aliphatic carbocycles. The molecule has 2 aromatic carbocycles. The zero-order valence-corrected chi connectivity index (χ0v) is 13.0. The third-order valence-electron chi connectivity index (χ3n) is 2.35. The van der Waals surface area contributed by atoms with Crippen LogP contribution in [0.4, 0.5) is 4.39 Å². The fourth-order valence-electron chi connectivity index (χ4n) is 1.41. The Bertz CT molecular complexity index is 767. The second-order valence-electron chi connectivity index (χ2n) is 3.82. The topological polar surface area (TPSA) is 69.4 Å². The molecule has 0 aliphatic rings. The molecule has 4 nitrogen and oxygen atoms in total. The van der Waals surface area contributed by atoms with Crippen molar-refractivity contribution in [3.05, 3.63) is 51.7 Å². The van der Waals surface area contributed by atoms with Gasteiger partial charge in [0.05, 0.1) is 14.4 Å². The molecule has 0 saturated heterocycles. The number of benzene rings is 2. The van der Waals surface area contributed by atoms with E-state index in [1.165, 1.54) is 36.4 Å². The van der Waals surface area contributed by atoms with Crippen molar-refractivity contribution in [3.63, 3.8) is 0 Å². The standard InChI is InChI=1S/C12H8BrClFNO3S/c13-9-5-7(1-3-11(9)15)19-12-4-2-8(6-10(12)14)20(16,17)18/h1-6H,(H2,16,17,18). The fraction of sp³-hybridized carbons (Fsp3) is 0. The van der Waals surface area contributed by atoms with Crippen LogP contribution in [0.5, 0.6) is 11.5 Å². The van der Waals surface area contributed by atoms with Gasteiger partial charge in [0.1, 0.15) is 17.3 Å². The van der Waals surface area contributed by atoms with Gasteiger partial charge in [0, 0.05) is 0 Å². The van der Waals surface area contributed by atoms with E-state index >= 15 is 0 Å². The SMILES string of the molecule is NS(=O)(=O)c1ccc(Oc2ccc(F)c(Br)c2)c(Cl)c1. The molecule has 0 saturated carbocycles. The quantitative estimate of drug-likeness (QED) is 0.883. The minimum atomic E-state index is -3.82. The van der Waals surface area contributed by atoms with Crippen LogP contribution in [0.2, 0.25) is 5.02 Å². The molecule has 0 unspecified atom stereocenters. The second kappa shape index (κ2) is 5.69. The summed E-state index contributed by atoms with van der Waals surface area (Å²) in [5.74, 6) is 0.161. The lowest BCUT2D eigenvalue weighted by atomic mass is 10.3. The van der Waals surface area contributed by atoms with Crippen LogP contribution in [0.1, 0.15) is 0 Å². The third-order valence-corrected chi connectivity index (χ3v) is 4.16. The Morgan fingerprint density at radius 1 is 1.20 bits per heavy atom. The Hall–Kier alpha value is -1.15. The Kier molecular flexibility index (Phi) is 4.33. The van der Waals surface area contributed by atoms with E-state index in [2.05, 4.69) is 15.9 Å². The predicted molar refractivity (Wildman–Crippen MR) is 77.0 cm³/mol. The van der Waals surface area contributed by atoms with Crippen molar-refractivity contribution in [1.82, 2.24) is 0 Å². The summed E-state index contributed by atoms with van der Waals surface area (Å²) in [7, 11) is -3.82. The summed E-state index contributed by atoms with van der Waals surface area (Å²) in [5, 5.41) is 5.07. The van der Waals surface area contributed by atoms with E-state index in [0.717, 1.165) is 0 Å². The van der Waals surface area contributed by atoms with E-state index in [1.807, 2.05) is 0 Å². The number of ether oxygens (including phenoxy) is 1. The average molecular weight is 381 g/mol. The molecule has 0 heterocycles. The predicted octanol–water partition coefficient (Wildman–Crippen LogP) is 3.68. The van der Waals surface area contributed by atoms with Crippen molar-refractivity contribution in [3.8, 4) is 11.5 Å². The lowest BCUT2D eigenvalue weighted by Crippen LogP contribution is -2.11. The average Bonchev–Trinajstić information content (AvgIpc) is 2.35. The number of hydrogen-bond acceptors (Lipinski definition) is 3. The first-order valence-corrected chi connectivity index (χ1v) is 7.94. The van der Waals surface area contributed by atoms with Crippen LogP contribution in [0.3, 0.4) is 0 Å². The molecule has 0 aliphatic heterocycles. The fourth-order valence-corrected chi connectivity index (χ4v) is 2.59. The Morgan fingerprint density at radius 2 is 1.90 bits per heavy atom. The van der Waals surface area contributed by atoms with Gasteiger partial charge in [-0.1, -0.05) is 11.6 Å². The first-order chi connectivity index (χ1) is 9.27. The van der Waals surface area contributed by atoms with Crippen molar-refractivity contribution in [2.24, 2.45) is 5.14 Å². The number of primary sulfonamides is 1. The zero-order chi connectivity index (χ0) is 14.9. The van der Waals surface area contributed by atoms with E-state index in [0.29, 0.717) is 5.75 Å². The van der Waals surface area contributed by atoms with Crippen molar-refractivity contribution >= 4 is 37.6 Å². The van der Waals surface area contributed by atoms with Crippen LogP contribution in [-0.4, -0.2) is 8.42 Å². The number of hydrogen-bond donors (Lipinski definition) is 1. The van der Waals surface area contributed by atoms with Crippen LogP contribution in [-0.2, 0) is 10.0 Å². The highest BCUT2D eigenvalue weighted by Gasteiger charge is 2.12. The summed E-state index contributed by atoms with van der Waals surface area (Å²) in [5.41, 5.74) is 0. The van der Waals surface area contributed by atoms with Crippen molar-refractivity contribution in [2.45, 2.75) is 4.90 Å². The van der Waals surface area contributed by atoms with E-state index in [-0.39, 0.29) is 20.1 Å². The minimum absolute atomic E-state index is 0.0805. The Labute approximate surface area is 128 Å². The largest absolute Gasteiger partial charge is 0.456 e. The molecular formula is C12H8BrClFNO3S. The van der Waals surface area contributed by atoms with E-state index in [1.54, 1.807) is 0 Å². The molecule has 2 N–H and O–H groups in total. The summed E-state index contributed by atoms with van der Waals surface area (Å²) in [6, 6.07) is 7.91. The van der Waals surface area contributed by atoms with Gasteiger partial charge in [-0.15, -0.1) is 0 Å². The zero-order valence-electron chi connectivity index (χ0n) is 9.81. The van der Waals surface area contributed by atoms with Gasteiger partial charge < -0.3 is 4.74 Å². The smallest absolute Gasteiger partial charge is 0.238 e. The summed E-state index contributed by atoms with van der Waals surface area (Å²) < 4.78 is 41.1. The maximum Gasteiger partial charge on any atom is 0.238 e. The first-order valence-electron chi connectivity index (χ1n) is 5.22. The molecule has 0 bridgehead atoms. The lowest BCUT2D eigenvalue weighted by molar-refractivity contribution is 0.479. The molecule has 2 aromatic rings. The van der Waals surface area contributed by atoms with E-state index in [4.69, 9.17) is 21.5 Å². The van der Waals surface area contributed by atoms with Crippen LogP contribution in [0.15, 0.2) is 45.8 Å².